The third-order valence-electron chi connectivity index (χ3n) is 3.45. The quantitative estimate of drug-likeness (QED) is 0.660. The van der Waals surface area contributed by atoms with Crippen molar-refractivity contribution in [2.75, 3.05) is 40.0 Å². The van der Waals surface area contributed by atoms with Crippen molar-refractivity contribution >= 4 is 11.9 Å². The molecule has 1 rings (SSSR count). The normalized spacial score (nSPS) is 22.7. The van der Waals surface area contributed by atoms with E-state index in [0.717, 1.165) is 12.8 Å². The van der Waals surface area contributed by atoms with Gasteiger partial charge in [0.15, 0.2) is 0 Å². The van der Waals surface area contributed by atoms with Gasteiger partial charge in [0.05, 0.1) is 6.61 Å². The summed E-state index contributed by atoms with van der Waals surface area (Å²) in [5, 5.41) is 9.29. The van der Waals surface area contributed by atoms with Crippen LogP contribution in [0.25, 0.3) is 0 Å². The van der Waals surface area contributed by atoms with Crippen LogP contribution in [-0.4, -0.2) is 61.9 Å². The number of aliphatic carboxylic acids is 1. The molecule has 0 saturated carbocycles. The van der Waals surface area contributed by atoms with Crippen molar-refractivity contribution in [1.82, 2.24) is 4.90 Å². The molecule has 0 aromatic carbocycles. The van der Waals surface area contributed by atoms with Crippen LogP contribution < -0.4 is 0 Å². The number of unbranched alkanes of at least 4 members (excludes halogenated alkanes) is 1. The van der Waals surface area contributed by atoms with Crippen molar-refractivity contribution in [3.63, 3.8) is 0 Å². The van der Waals surface area contributed by atoms with Crippen LogP contribution in [0.2, 0.25) is 0 Å². The van der Waals surface area contributed by atoms with Gasteiger partial charge in [0, 0.05) is 26.8 Å². The Labute approximate surface area is 113 Å². The summed E-state index contributed by atoms with van der Waals surface area (Å²) in [5.74, 6) is -1.05. The maximum Gasteiger partial charge on any atom is 0.313 e. The lowest BCUT2D eigenvalue weighted by molar-refractivity contribution is -0.152. The molecule has 1 heterocycles. The molecule has 1 amide bonds. The van der Waals surface area contributed by atoms with Crippen molar-refractivity contribution < 1.29 is 24.2 Å². The van der Waals surface area contributed by atoms with Gasteiger partial charge in [-0.15, -0.1) is 0 Å². The highest BCUT2D eigenvalue weighted by Gasteiger charge is 2.46. The molecule has 0 aromatic heterocycles. The second kappa shape index (κ2) is 7.45. The number of carbonyl (C=O) groups is 2. The number of carbonyl (C=O) groups excluding carboxylic acids is 1. The smallest absolute Gasteiger partial charge is 0.313 e. The molecule has 0 aliphatic carbocycles. The van der Waals surface area contributed by atoms with Crippen LogP contribution in [0.15, 0.2) is 0 Å². The molecule has 0 spiro atoms. The zero-order valence-electron chi connectivity index (χ0n) is 11.7. The first-order valence-electron chi connectivity index (χ1n) is 6.63. The highest BCUT2D eigenvalue weighted by Crippen LogP contribution is 2.31. The van der Waals surface area contributed by atoms with Crippen LogP contribution in [0.5, 0.6) is 0 Å². The fourth-order valence-corrected chi connectivity index (χ4v) is 2.21. The second-order valence-electron chi connectivity index (χ2n) is 4.99. The lowest BCUT2D eigenvalue weighted by Crippen LogP contribution is -2.41. The summed E-state index contributed by atoms with van der Waals surface area (Å²) in [4.78, 5) is 24.8. The number of ether oxygens (including phenoxy) is 2. The third kappa shape index (κ3) is 4.18. The monoisotopic (exact) mass is 273 g/mol. The first kappa shape index (κ1) is 15.9. The highest BCUT2D eigenvalue weighted by molar-refractivity contribution is 5.81. The van der Waals surface area contributed by atoms with Gasteiger partial charge in [-0.05, 0) is 12.8 Å². The molecule has 0 aromatic rings. The topological polar surface area (TPSA) is 76.1 Å². The Kier molecular flexibility index (Phi) is 6.24. The average Bonchev–Trinajstić information content (AvgIpc) is 2.81. The first-order chi connectivity index (χ1) is 9.05. The molecular formula is C13H23NO5. The second-order valence-corrected chi connectivity index (χ2v) is 4.99. The zero-order valence-corrected chi connectivity index (χ0v) is 11.7. The molecule has 6 nitrogen and oxygen atoms in total. The predicted octanol–water partition coefficient (Wildman–Crippen LogP) is 0.753. The van der Waals surface area contributed by atoms with Gasteiger partial charge in [-0.1, -0.05) is 13.3 Å². The summed E-state index contributed by atoms with van der Waals surface area (Å²) in [6.07, 6.45) is 2.38. The van der Waals surface area contributed by atoms with Gasteiger partial charge in [0.1, 0.15) is 12.0 Å². The minimum Gasteiger partial charge on any atom is -0.481 e. The molecule has 1 aliphatic heterocycles. The Bertz CT molecular complexity index is 320. The van der Waals surface area contributed by atoms with Crippen molar-refractivity contribution in [3.05, 3.63) is 0 Å². The molecular weight excluding hydrogens is 250 g/mol. The molecule has 0 radical (unpaired) electrons. The lowest BCUT2D eigenvalue weighted by Gasteiger charge is -2.23. The van der Waals surface area contributed by atoms with Gasteiger partial charge >= 0.3 is 5.97 Å². The fraction of sp³-hybridized carbons (Fsp3) is 0.846. The van der Waals surface area contributed by atoms with E-state index in [0.29, 0.717) is 19.6 Å². The predicted molar refractivity (Wildman–Crippen MR) is 68.9 cm³/mol. The van der Waals surface area contributed by atoms with Gasteiger partial charge in [-0.25, -0.2) is 0 Å². The number of methoxy groups -OCH3 is 1. The number of nitrogens with zero attached hydrogens (tertiary/aromatic N) is 1. The SMILES string of the molecule is CCCCOCC(=O)N1CCC(COC)(C(=O)O)C1. The summed E-state index contributed by atoms with van der Waals surface area (Å²) < 4.78 is 10.2. The number of carboxylic acid groups (broad SMARTS) is 1. The molecule has 1 unspecified atom stereocenters. The molecule has 19 heavy (non-hydrogen) atoms. The highest BCUT2D eigenvalue weighted by atomic mass is 16.5. The third-order valence-corrected chi connectivity index (χ3v) is 3.45. The van der Waals surface area contributed by atoms with Crippen LogP contribution in [-0.2, 0) is 19.1 Å². The average molecular weight is 273 g/mol. The number of rotatable bonds is 8. The maximum atomic E-state index is 11.9. The van der Waals surface area contributed by atoms with Crippen molar-refractivity contribution in [1.29, 1.82) is 0 Å². The Morgan fingerprint density at radius 1 is 1.42 bits per heavy atom. The van der Waals surface area contributed by atoms with E-state index in [4.69, 9.17) is 9.47 Å². The summed E-state index contributed by atoms with van der Waals surface area (Å²) in [5.41, 5.74) is -0.964. The summed E-state index contributed by atoms with van der Waals surface area (Å²) in [6.45, 7) is 3.43. The molecule has 1 N–H and O–H groups in total. The molecule has 1 fully saturated rings. The van der Waals surface area contributed by atoms with Crippen molar-refractivity contribution in [2.45, 2.75) is 26.2 Å². The molecule has 0 bridgehead atoms. The van der Waals surface area contributed by atoms with E-state index in [9.17, 15) is 14.7 Å². The molecule has 6 heteroatoms. The van der Waals surface area contributed by atoms with E-state index in [1.807, 2.05) is 0 Å². The lowest BCUT2D eigenvalue weighted by atomic mass is 9.88. The number of amides is 1. The minimum atomic E-state index is -0.964. The maximum absolute atomic E-state index is 11.9. The number of hydrogen-bond donors (Lipinski definition) is 1. The fourth-order valence-electron chi connectivity index (χ4n) is 2.21. The largest absolute Gasteiger partial charge is 0.481 e. The Balaban J connectivity index is 2.45. The van der Waals surface area contributed by atoms with Gasteiger partial charge in [0.2, 0.25) is 5.91 Å². The number of hydrogen-bond acceptors (Lipinski definition) is 4. The van der Waals surface area contributed by atoms with Crippen LogP contribution in [0.1, 0.15) is 26.2 Å². The summed E-state index contributed by atoms with van der Waals surface area (Å²) in [7, 11) is 1.48. The van der Waals surface area contributed by atoms with Gasteiger partial charge in [-0.2, -0.15) is 0 Å². The molecule has 1 aliphatic rings. The summed E-state index contributed by atoms with van der Waals surface area (Å²) in [6, 6.07) is 0. The first-order valence-corrected chi connectivity index (χ1v) is 6.63. The Morgan fingerprint density at radius 2 is 2.16 bits per heavy atom. The van der Waals surface area contributed by atoms with Crippen molar-refractivity contribution in [3.8, 4) is 0 Å². The molecule has 1 atom stereocenters. The number of carboxylic acids is 1. The van der Waals surface area contributed by atoms with E-state index < -0.39 is 11.4 Å². The van der Waals surface area contributed by atoms with Crippen LogP contribution in [0.3, 0.4) is 0 Å². The zero-order chi connectivity index (χ0) is 14.3. The van der Waals surface area contributed by atoms with Crippen LogP contribution >= 0.6 is 0 Å². The molecule has 1 saturated heterocycles. The van der Waals surface area contributed by atoms with Gasteiger partial charge in [-0.3, -0.25) is 9.59 Å². The Hall–Kier alpha value is -1.14. The van der Waals surface area contributed by atoms with E-state index in [-0.39, 0.29) is 25.7 Å². The van der Waals surface area contributed by atoms with Crippen LogP contribution in [0.4, 0.5) is 0 Å². The standard InChI is InChI=1S/C13H23NO5/c1-3-4-7-19-8-11(15)14-6-5-13(9-14,10-18-2)12(16)17/h3-10H2,1-2H3,(H,16,17). The minimum absolute atomic E-state index is 0.0304. The Morgan fingerprint density at radius 3 is 2.74 bits per heavy atom. The van der Waals surface area contributed by atoms with Crippen molar-refractivity contribution in [2.24, 2.45) is 5.41 Å². The van der Waals surface area contributed by atoms with Crippen LogP contribution in [0, 0.1) is 5.41 Å². The van der Waals surface area contributed by atoms with Gasteiger partial charge in [0.25, 0.3) is 0 Å². The summed E-state index contributed by atoms with van der Waals surface area (Å²) >= 11 is 0. The van der Waals surface area contributed by atoms with E-state index in [1.165, 1.54) is 7.11 Å². The van der Waals surface area contributed by atoms with E-state index >= 15 is 0 Å². The van der Waals surface area contributed by atoms with E-state index in [1.54, 1.807) is 4.90 Å². The molecule has 110 valence electrons. The van der Waals surface area contributed by atoms with Gasteiger partial charge < -0.3 is 19.5 Å². The van der Waals surface area contributed by atoms with E-state index in [2.05, 4.69) is 6.92 Å². The number of likely N-dealkylation sites (tertiary alicyclic amines) is 1.